The molecule has 1 rings (SSSR count). The van der Waals surface area contributed by atoms with Crippen LogP contribution in [0.15, 0.2) is 16.6 Å². The van der Waals surface area contributed by atoms with Gasteiger partial charge in [0.2, 0.25) is 0 Å². The Hall–Kier alpha value is -0.650. The van der Waals surface area contributed by atoms with Crippen LogP contribution in [-0.4, -0.2) is 10.3 Å². The van der Waals surface area contributed by atoms with Gasteiger partial charge in [0.05, 0.1) is 4.47 Å². The number of hydrogen-bond acceptors (Lipinski definition) is 3. The zero-order valence-corrected chi connectivity index (χ0v) is 7.60. The maximum absolute atomic E-state index is 12.9. The second-order valence-corrected chi connectivity index (χ2v) is 2.99. The van der Waals surface area contributed by atoms with Crippen molar-refractivity contribution in [3.05, 3.63) is 28.0 Å². The van der Waals surface area contributed by atoms with E-state index in [-0.39, 0.29) is 22.3 Å². The molecule has 12 heavy (non-hydrogen) atoms. The fourth-order valence-electron chi connectivity index (χ4n) is 0.826. The van der Waals surface area contributed by atoms with Crippen molar-refractivity contribution in [3.63, 3.8) is 0 Å². The Labute approximate surface area is 76.9 Å². The first-order valence-corrected chi connectivity index (χ1v) is 3.99. The van der Waals surface area contributed by atoms with Crippen molar-refractivity contribution in [2.75, 3.05) is 0 Å². The predicted octanol–water partition coefficient (Wildman–Crippen LogP) is 1.77. The molecule has 0 fully saturated rings. The van der Waals surface area contributed by atoms with Gasteiger partial charge in [-0.3, -0.25) is 0 Å². The summed E-state index contributed by atoms with van der Waals surface area (Å²) in [5.41, 5.74) is 2.00. The van der Waals surface area contributed by atoms with Crippen LogP contribution >= 0.6 is 15.9 Å². The summed E-state index contributed by atoms with van der Waals surface area (Å²) >= 11 is 2.99. The second-order valence-electron chi connectivity index (χ2n) is 2.19. The molecule has 1 aromatic rings. The van der Waals surface area contributed by atoms with Gasteiger partial charge in [0.15, 0.2) is 0 Å². The summed E-state index contributed by atoms with van der Waals surface area (Å²) in [4.78, 5) is 0. The summed E-state index contributed by atoms with van der Waals surface area (Å²) < 4.78 is 13.2. The molecule has 3 N–H and O–H groups in total. The van der Waals surface area contributed by atoms with E-state index in [0.717, 1.165) is 6.07 Å². The van der Waals surface area contributed by atoms with E-state index in [2.05, 4.69) is 15.9 Å². The Morgan fingerprint density at radius 2 is 2.17 bits per heavy atom. The highest BCUT2D eigenvalue weighted by atomic mass is 79.9. The molecular weight excluding hydrogens is 229 g/mol. The molecule has 0 aromatic heterocycles. The minimum absolute atomic E-state index is 0.0540. The number of aromatic hydroxyl groups is 1. The Bertz CT molecular complexity index is 293. The summed E-state index contributed by atoms with van der Waals surface area (Å²) in [6, 6.07) is 2.37. The molecule has 1 aromatic carbocycles. The second kappa shape index (κ2) is 3.84. The van der Waals surface area contributed by atoms with Crippen molar-refractivity contribution in [1.29, 1.82) is 0 Å². The van der Waals surface area contributed by atoms with Gasteiger partial charge in [-0.15, -0.1) is 0 Å². The van der Waals surface area contributed by atoms with E-state index in [9.17, 15) is 4.39 Å². The molecule has 0 radical (unpaired) electrons. The van der Waals surface area contributed by atoms with Gasteiger partial charge in [-0.05, 0) is 28.1 Å². The van der Waals surface area contributed by atoms with Crippen LogP contribution < -0.4 is 5.48 Å². The summed E-state index contributed by atoms with van der Waals surface area (Å²) in [6.07, 6.45) is 0. The normalized spacial score (nSPS) is 10.2. The van der Waals surface area contributed by atoms with Crippen LogP contribution in [0, 0.1) is 5.82 Å². The van der Waals surface area contributed by atoms with Gasteiger partial charge in [0, 0.05) is 12.1 Å². The fourth-order valence-corrected chi connectivity index (χ4v) is 1.29. The molecule has 0 aliphatic heterocycles. The lowest BCUT2D eigenvalue weighted by Crippen LogP contribution is -2.08. The Kier molecular flexibility index (Phi) is 3.02. The standard InChI is InChI=1S/C7H7BrFNO2/c8-7-4(3-10-12)5(9)1-2-6(7)11/h1-2,10-12H,3H2. The van der Waals surface area contributed by atoms with E-state index in [1.54, 1.807) is 0 Å². The fraction of sp³-hybridized carbons (Fsp3) is 0.143. The van der Waals surface area contributed by atoms with Crippen molar-refractivity contribution in [2.45, 2.75) is 6.54 Å². The molecule has 5 heteroatoms. The Balaban J connectivity index is 3.14. The van der Waals surface area contributed by atoms with Gasteiger partial charge in [-0.1, -0.05) is 0 Å². The van der Waals surface area contributed by atoms with Crippen LogP contribution in [0.2, 0.25) is 0 Å². The molecule has 66 valence electrons. The summed E-state index contributed by atoms with van der Waals surface area (Å²) in [5.74, 6) is -0.539. The van der Waals surface area contributed by atoms with Crippen LogP contribution in [-0.2, 0) is 6.54 Å². The third kappa shape index (κ3) is 1.74. The number of benzene rings is 1. The summed E-state index contributed by atoms with van der Waals surface area (Å²) in [6.45, 7) is -0.0547. The molecule has 0 bridgehead atoms. The van der Waals surface area contributed by atoms with Gasteiger partial charge in [-0.25, -0.2) is 9.87 Å². The van der Waals surface area contributed by atoms with Crippen molar-refractivity contribution in [1.82, 2.24) is 5.48 Å². The van der Waals surface area contributed by atoms with E-state index in [4.69, 9.17) is 10.3 Å². The molecule has 0 spiro atoms. The molecule has 3 nitrogen and oxygen atoms in total. The van der Waals surface area contributed by atoms with Gasteiger partial charge in [0.1, 0.15) is 11.6 Å². The highest BCUT2D eigenvalue weighted by Crippen LogP contribution is 2.29. The number of nitrogens with one attached hydrogen (secondary N) is 1. The zero-order chi connectivity index (χ0) is 9.14. The lowest BCUT2D eigenvalue weighted by atomic mass is 10.2. The minimum Gasteiger partial charge on any atom is -0.507 e. The SMILES string of the molecule is ONCc1c(F)ccc(O)c1Br. The largest absolute Gasteiger partial charge is 0.507 e. The molecule has 0 aliphatic carbocycles. The zero-order valence-electron chi connectivity index (χ0n) is 6.01. The highest BCUT2D eigenvalue weighted by Gasteiger charge is 2.09. The third-order valence-electron chi connectivity index (χ3n) is 1.42. The van der Waals surface area contributed by atoms with Gasteiger partial charge in [0.25, 0.3) is 0 Å². The molecule has 0 heterocycles. The molecule has 0 aliphatic rings. The molecular formula is C7H7BrFNO2. The summed E-state index contributed by atoms with van der Waals surface area (Å²) in [7, 11) is 0. The van der Waals surface area contributed by atoms with E-state index in [1.807, 2.05) is 5.48 Å². The van der Waals surface area contributed by atoms with E-state index >= 15 is 0 Å². The van der Waals surface area contributed by atoms with Crippen LogP contribution in [0.25, 0.3) is 0 Å². The molecule has 0 saturated carbocycles. The Morgan fingerprint density at radius 1 is 1.50 bits per heavy atom. The van der Waals surface area contributed by atoms with Gasteiger partial charge in [-0.2, -0.15) is 0 Å². The highest BCUT2D eigenvalue weighted by molar-refractivity contribution is 9.10. The van der Waals surface area contributed by atoms with E-state index < -0.39 is 5.82 Å². The number of phenols is 1. The topological polar surface area (TPSA) is 52.5 Å². The van der Waals surface area contributed by atoms with E-state index in [0.29, 0.717) is 0 Å². The molecule has 0 saturated heterocycles. The maximum Gasteiger partial charge on any atom is 0.130 e. The van der Waals surface area contributed by atoms with Gasteiger partial charge < -0.3 is 10.3 Å². The van der Waals surface area contributed by atoms with Crippen molar-refractivity contribution in [2.24, 2.45) is 0 Å². The van der Waals surface area contributed by atoms with Gasteiger partial charge >= 0.3 is 0 Å². The van der Waals surface area contributed by atoms with Crippen LogP contribution in [0.5, 0.6) is 5.75 Å². The minimum atomic E-state index is -0.485. The number of halogens is 2. The number of hydrogen-bond donors (Lipinski definition) is 3. The van der Waals surface area contributed by atoms with Crippen molar-refractivity contribution in [3.8, 4) is 5.75 Å². The van der Waals surface area contributed by atoms with Crippen LogP contribution in [0.3, 0.4) is 0 Å². The molecule has 0 unspecified atom stereocenters. The first-order chi connectivity index (χ1) is 5.66. The average molecular weight is 236 g/mol. The van der Waals surface area contributed by atoms with Crippen molar-refractivity contribution >= 4 is 15.9 Å². The molecule has 0 atom stereocenters. The van der Waals surface area contributed by atoms with Crippen molar-refractivity contribution < 1.29 is 14.7 Å². The lowest BCUT2D eigenvalue weighted by Gasteiger charge is -2.05. The smallest absolute Gasteiger partial charge is 0.130 e. The lowest BCUT2D eigenvalue weighted by molar-refractivity contribution is 0.159. The number of rotatable bonds is 2. The number of phenolic OH excluding ortho intramolecular Hbond substituents is 1. The predicted molar refractivity (Wildman–Crippen MR) is 44.4 cm³/mol. The van der Waals surface area contributed by atoms with Crippen LogP contribution in [0.4, 0.5) is 4.39 Å². The maximum atomic E-state index is 12.9. The van der Waals surface area contributed by atoms with E-state index in [1.165, 1.54) is 6.07 Å². The first-order valence-electron chi connectivity index (χ1n) is 3.19. The molecule has 0 amide bonds. The monoisotopic (exact) mass is 235 g/mol. The van der Waals surface area contributed by atoms with Crippen LogP contribution in [0.1, 0.15) is 5.56 Å². The average Bonchev–Trinajstić information content (AvgIpc) is 2.06. The summed E-state index contributed by atoms with van der Waals surface area (Å²) in [5, 5.41) is 17.5. The third-order valence-corrected chi connectivity index (χ3v) is 2.31. The quantitative estimate of drug-likeness (QED) is 0.686. The number of hydroxylamine groups is 1. The first kappa shape index (κ1) is 9.44. The Morgan fingerprint density at radius 3 is 2.75 bits per heavy atom.